The van der Waals surface area contributed by atoms with Crippen molar-refractivity contribution in [3.05, 3.63) is 65.5 Å². The van der Waals surface area contributed by atoms with Crippen molar-refractivity contribution in [3.8, 4) is 0 Å². The second-order valence-electron chi connectivity index (χ2n) is 10.2. The fraction of sp³-hybridized carbons (Fsp3) is 0.536. The van der Waals surface area contributed by atoms with E-state index in [1.807, 2.05) is 34.1 Å². The molecule has 0 spiro atoms. The molecule has 1 aliphatic carbocycles. The molecule has 0 N–H and O–H groups in total. The lowest BCUT2D eigenvalue weighted by atomic mass is 9.84. The molecule has 2 saturated heterocycles. The number of benzene rings is 1. The van der Waals surface area contributed by atoms with Gasteiger partial charge < -0.3 is 9.80 Å². The van der Waals surface area contributed by atoms with Crippen LogP contribution >= 0.6 is 0 Å². The number of nitrogens with zero attached hydrogens (tertiary/aromatic N) is 3. The van der Waals surface area contributed by atoms with Crippen molar-refractivity contribution >= 4 is 11.8 Å². The fourth-order valence-electron chi connectivity index (χ4n) is 6.11. The average molecular weight is 446 g/mol. The van der Waals surface area contributed by atoms with Crippen LogP contribution in [0.25, 0.3) is 0 Å². The van der Waals surface area contributed by atoms with Gasteiger partial charge in [-0.15, -0.1) is 0 Å². The van der Waals surface area contributed by atoms with Crippen LogP contribution in [-0.4, -0.2) is 52.8 Å². The van der Waals surface area contributed by atoms with E-state index >= 15 is 0 Å². The molecule has 174 valence electrons. The number of hydrogen-bond donors (Lipinski definition) is 0. The molecule has 0 radical (unpaired) electrons. The van der Waals surface area contributed by atoms with Crippen LogP contribution < -0.4 is 0 Å². The molecule has 0 bridgehead atoms. The van der Waals surface area contributed by atoms with Gasteiger partial charge in [0, 0.05) is 44.1 Å². The third-order valence-electron chi connectivity index (χ3n) is 8.05. The molecule has 3 heterocycles. The van der Waals surface area contributed by atoms with Crippen molar-refractivity contribution in [1.29, 1.82) is 0 Å². The van der Waals surface area contributed by atoms with E-state index in [0.29, 0.717) is 24.2 Å². The van der Waals surface area contributed by atoms with Crippen LogP contribution in [-0.2, 0) is 11.2 Å². The SMILES string of the molecule is O=C(Cc1cccnc1)N1CCCC(C2CCN(C(=O)c3ccc(C4CCCC4)cc3)C2)C1. The summed E-state index contributed by atoms with van der Waals surface area (Å²) in [4.78, 5) is 34.2. The number of carbonyl (C=O) groups is 2. The zero-order valence-electron chi connectivity index (χ0n) is 19.5. The Bertz CT molecular complexity index is 953. The van der Waals surface area contributed by atoms with Gasteiger partial charge in [0.25, 0.3) is 5.91 Å². The summed E-state index contributed by atoms with van der Waals surface area (Å²) < 4.78 is 0. The Balaban J connectivity index is 1.15. The third-order valence-corrected chi connectivity index (χ3v) is 8.05. The second kappa shape index (κ2) is 10.1. The summed E-state index contributed by atoms with van der Waals surface area (Å²) in [6.07, 6.45) is 12.4. The van der Waals surface area contributed by atoms with Gasteiger partial charge in [-0.3, -0.25) is 14.6 Å². The molecular formula is C28H35N3O2. The summed E-state index contributed by atoms with van der Waals surface area (Å²) in [5.74, 6) is 2.01. The standard InChI is InChI=1S/C28H35N3O2/c32-27(17-21-5-3-14-29-18-21)30-15-4-8-25(19-30)26-13-16-31(20-26)28(33)24-11-9-23(10-12-24)22-6-1-2-7-22/h3,5,9-12,14,18,22,25-26H,1-2,4,6-8,13,15-17,19-20H2. The number of rotatable bonds is 5. The largest absolute Gasteiger partial charge is 0.342 e. The fourth-order valence-corrected chi connectivity index (χ4v) is 6.11. The predicted molar refractivity (Wildman–Crippen MR) is 129 cm³/mol. The van der Waals surface area contributed by atoms with Gasteiger partial charge in [-0.05, 0) is 79.2 Å². The maximum atomic E-state index is 13.1. The number of pyridine rings is 1. The molecule has 2 amide bonds. The Morgan fingerprint density at radius 1 is 0.848 bits per heavy atom. The summed E-state index contributed by atoms with van der Waals surface area (Å²) in [6.45, 7) is 3.31. The summed E-state index contributed by atoms with van der Waals surface area (Å²) in [5, 5.41) is 0. The normalized spacial score (nSPS) is 23.8. The number of hydrogen-bond acceptors (Lipinski definition) is 3. The first-order valence-corrected chi connectivity index (χ1v) is 12.7. The van der Waals surface area contributed by atoms with Crippen LogP contribution in [0.1, 0.15) is 72.3 Å². The highest BCUT2D eigenvalue weighted by molar-refractivity contribution is 5.94. The molecule has 2 unspecified atom stereocenters. The third kappa shape index (κ3) is 5.13. The van der Waals surface area contributed by atoms with Crippen LogP contribution in [0.15, 0.2) is 48.8 Å². The van der Waals surface area contributed by atoms with E-state index in [4.69, 9.17) is 0 Å². The quantitative estimate of drug-likeness (QED) is 0.671. The molecule has 3 fully saturated rings. The molecule has 2 aromatic rings. The smallest absolute Gasteiger partial charge is 0.253 e. The summed E-state index contributed by atoms with van der Waals surface area (Å²) in [7, 11) is 0. The maximum absolute atomic E-state index is 13.1. The minimum Gasteiger partial charge on any atom is -0.342 e. The Hall–Kier alpha value is -2.69. The number of amides is 2. The van der Waals surface area contributed by atoms with Crippen molar-refractivity contribution < 1.29 is 9.59 Å². The van der Waals surface area contributed by atoms with E-state index in [1.165, 1.54) is 31.2 Å². The van der Waals surface area contributed by atoms with E-state index in [-0.39, 0.29) is 11.8 Å². The predicted octanol–water partition coefficient (Wildman–Crippen LogP) is 4.68. The van der Waals surface area contributed by atoms with Gasteiger partial charge in [-0.1, -0.05) is 31.0 Å². The molecule has 3 aliphatic rings. The molecule has 1 aromatic carbocycles. The van der Waals surface area contributed by atoms with Crippen molar-refractivity contribution in [1.82, 2.24) is 14.8 Å². The van der Waals surface area contributed by atoms with Crippen molar-refractivity contribution in [2.24, 2.45) is 11.8 Å². The molecule has 33 heavy (non-hydrogen) atoms. The maximum Gasteiger partial charge on any atom is 0.253 e. The van der Waals surface area contributed by atoms with Gasteiger partial charge in [0.2, 0.25) is 5.91 Å². The zero-order chi connectivity index (χ0) is 22.6. The van der Waals surface area contributed by atoms with E-state index in [2.05, 4.69) is 17.1 Å². The first-order valence-electron chi connectivity index (χ1n) is 12.7. The van der Waals surface area contributed by atoms with Crippen LogP contribution in [0.4, 0.5) is 0 Å². The lowest BCUT2D eigenvalue weighted by Crippen LogP contribution is -2.43. The minimum absolute atomic E-state index is 0.163. The van der Waals surface area contributed by atoms with Crippen LogP contribution in [0.2, 0.25) is 0 Å². The van der Waals surface area contributed by atoms with Gasteiger partial charge in [0.05, 0.1) is 6.42 Å². The topological polar surface area (TPSA) is 53.5 Å². The monoisotopic (exact) mass is 445 g/mol. The molecular weight excluding hydrogens is 410 g/mol. The van der Waals surface area contributed by atoms with Crippen LogP contribution in [0.5, 0.6) is 0 Å². The van der Waals surface area contributed by atoms with Crippen molar-refractivity contribution in [2.75, 3.05) is 26.2 Å². The van der Waals surface area contributed by atoms with Gasteiger partial charge in [-0.2, -0.15) is 0 Å². The molecule has 2 aliphatic heterocycles. The van der Waals surface area contributed by atoms with E-state index in [1.54, 1.807) is 12.4 Å². The van der Waals surface area contributed by atoms with Crippen molar-refractivity contribution in [3.63, 3.8) is 0 Å². The van der Waals surface area contributed by atoms with Gasteiger partial charge >= 0.3 is 0 Å². The number of piperidine rings is 1. The highest BCUT2D eigenvalue weighted by Gasteiger charge is 2.35. The number of aromatic nitrogens is 1. The minimum atomic E-state index is 0.163. The lowest BCUT2D eigenvalue weighted by Gasteiger charge is -2.36. The highest BCUT2D eigenvalue weighted by atomic mass is 16.2. The first-order chi connectivity index (χ1) is 16.2. The molecule has 5 nitrogen and oxygen atoms in total. The lowest BCUT2D eigenvalue weighted by molar-refractivity contribution is -0.132. The second-order valence-corrected chi connectivity index (χ2v) is 10.2. The Labute approximate surface area is 197 Å². The van der Waals surface area contributed by atoms with Gasteiger partial charge in [-0.25, -0.2) is 0 Å². The molecule has 5 heteroatoms. The molecule has 1 aromatic heterocycles. The Kier molecular flexibility index (Phi) is 6.75. The first kappa shape index (κ1) is 22.1. The summed E-state index contributed by atoms with van der Waals surface area (Å²) >= 11 is 0. The van der Waals surface area contributed by atoms with Crippen LogP contribution in [0, 0.1) is 11.8 Å². The van der Waals surface area contributed by atoms with Crippen LogP contribution in [0.3, 0.4) is 0 Å². The number of carbonyl (C=O) groups excluding carboxylic acids is 2. The van der Waals surface area contributed by atoms with E-state index in [9.17, 15) is 9.59 Å². The average Bonchev–Trinajstić information content (AvgIpc) is 3.57. The van der Waals surface area contributed by atoms with Gasteiger partial charge in [0.15, 0.2) is 0 Å². The summed E-state index contributed by atoms with van der Waals surface area (Å²) in [5.41, 5.74) is 3.18. The van der Waals surface area contributed by atoms with E-state index in [0.717, 1.165) is 56.6 Å². The Morgan fingerprint density at radius 3 is 2.36 bits per heavy atom. The molecule has 5 rings (SSSR count). The Morgan fingerprint density at radius 2 is 1.61 bits per heavy atom. The summed E-state index contributed by atoms with van der Waals surface area (Å²) in [6, 6.07) is 12.2. The van der Waals surface area contributed by atoms with E-state index < -0.39 is 0 Å². The molecule has 1 saturated carbocycles. The zero-order valence-corrected chi connectivity index (χ0v) is 19.5. The van der Waals surface area contributed by atoms with Crippen molar-refractivity contribution in [2.45, 2.75) is 57.3 Å². The molecule has 2 atom stereocenters. The van der Waals surface area contributed by atoms with Gasteiger partial charge in [0.1, 0.15) is 0 Å². The highest BCUT2D eigenvalue weighted by Crippen LogP contribution is 2.35. The number of likely N-dealkylation sites (tertiary alicyclic amines) is 2.